The molecule has 136 valence electrons. The van der Waals surface area contributed by atoms with Crippen molar-refractivity contribution < 1.29 is 28.5 Å². The molecule has 0 saturated heterocycles. The van der Waals surface area contributed by atoms with E-state index in [0.29, 0.717) is 17.9 Å². The Morgan fingerprint density at radius 3 is 2.40 bits per heavy atom. The molecule has 0 fully saturated rings. The lowest BCUT2D eigenvalue weighted by Gasteiger charge is -2.23. The van der Waals surface area contributed by atoms with E-state index in [1.807, 2.05) is 13.0 Å². The first kappa shape index (κ1) is 19.0. The van der Waals surface area contributed by atoms with Crippen LogP contribution in [0.3, 0.4) is 0 Å². The number of aryl methyl sites for hydroxylation is 1. The Morgan fingerprint density at radius 2 is 1.84 bits per heavy atom. The van der Waals surface area contributed by atoms with Gasteiger partial charge in [0, 0.05) is 25.1 Å². The van der Waals surface area contributed by atoms with Crippen LogP contribution in [0.5, 0.6) is 0 Å². The number of fused-ring (bicyclic) bond motifs is 1. The molecule has 0 bridgehead atoms. The quantitative estimate of drug-likeness (QED) is 0.610. The summed E-state index contributed by atoms with van der Waals surface area (Å²) in [6, 6.07) is 5.41. The number of nitrogens with one attached hydrogen (secondary N) is 1. The Morgan fingerprint density at radius 1 is 1.16 bits per heavy atom. The maximum atomic E-state index is 12.2. The van der Waals surface area contributed by atoms with Gasteiger partial charge in [0.25, 0.3) is 0 Å². The number of methoxy groups -OCH3 is 3. The lowest BCUT2D eigenvalue weighted by molar-refractivity contribution is -0.163. The van der Waals surface area contributed by atoms with Crippen LogP contribution in [0.15, 0.2) is 18.2 Å². The van der Waals surface area contributed by atoms with Crippen LogP contribution in [-0.4, -0.2) is 51.1 Å². The average molecular weight is 349 g/mol. The molecule has 1 heterocycles. The summed E-state index contributed by atoms with van der Waals surface area (Å²) in [7, 11) is 4.24. The number of H-pyrrole nitrogens is 1. The predicted octanol–water partition coefficient (Wildman–Crippen LogP) is 2.53. The van der Waals surface area contributed by atoms with Gasteiger partial charge in [0.05, 0.1) is 13.7 Å². The molecule has 25 heavy (non-hydrogen) atoms. The smallest absolute Gasteiger partial charge is 0.355 e. The summed E-state index contributed by atoms with van der Waals surface area (Å²) >= 11 is 0. The molecule has 7 nitrogen and oxygen atoms in total. The third kappa shape index (κ3) is 3.67. The van der Waals surface area contributed by atoms with Gasteiger partial charge in [0.1, 0.15) is 11.6 Å². The maximum Gasteiger partial charge on any atom is 0.355 e. The monoisotopic (exact) mass is 349 g/mol. The van der Waals surface area contributed by atoms with E-state index in [4.69, 9.17) is 18.9 Å². The number of rotatable bonds is 7. The summed E-state index contributed by atoms with van der Waals surface area (Å²) < 4.78 is 20.5. The number of aromatic amines is 1. The Hall–Kier alpha value is -2.38. The number of ether oxygens (including phenoxy) is 4. The van der Waals surface area contributed by atoms with Crippen molar-refractivity contribution >= 4 is 22.8 Å². The largest absolute Gasteiger partial charge is 0.468 e. The molecule has 1 atom stereocenters. The van der Waals surface area contributed by atoms with Crippen molar-refractivity contribution in [2.24, 2.45) is 0 Å². The highest BCUT2D eigenvalue weighted by molar-refractivity contribution is 5.98. The second kappa shape index (κ2) is 8.13. The first-order valence-electron chi connectivity index (χ1n) is 7.91. The Bertz CT molecular complexity index is 762. The first-order chi connectivity index (χ1) is 12.0. The summed E-state index contributed by atoms with van der Waals surface area (Å²) in [5, 5.41) is 0.820. The van der Waals surface area contributed by atoms with Crippen molar-refractivity contribution in [3.63, 3.8) is 0 Å². The van der Waals surface area contributed by atoms with Gasteiger partial charge in [-0.3, -0.25) is 4.79 Å². The Labute approximate surface area is 146 Å². The molecule has 7 heteroatoms. The highest BCUT2D eigenvalue weighted by Gasteiger charge is 2.32. The van der Waals surface area contributed by atoms with E-state index in [0.717, 1.165) is 16.5 Å². The van der Waals surface area contributed by atoms with Crippen LogP contribution in [0, 0.1) is 6.92 Å². The highest BCUT2D eigenvalue weighted by Crippen LogP contribution is 2.30. The molecule has 2 aromatic rings. The predicted molar refractivity (Wildman–Crippen MR) is 91.6 cm³/mol. The van der Waals surface area contributed by atoms with Crippen LogP contribution in [0.2, 0.25) is 0 Å². The van der Waals surface area contributed by atoms with Crippen LogP contribution >= 0.6 is 0 Å². The molecule has 1 aromatic carbocycles. The molecule has 0 spiro atoms. The van der Waals surface area contributed by atoms with Crippen LogP contribution < -0.4 is 0 Å². The zero-order chi connectivity index (χ0) is 18.6. The fourth-order valence-corrected chi connectivity index (χ4v) is 2.84. The third-order valence-electron chi connectivity index (χ3n) is 4.11. The number of carbonyl (C=O) groups excluding carboxylic acids is 2. The second-order valence-corrected chi connectivity index (χ2v) is 5.49. The summed E-state index contributed by atoms with van der Waals surface area (Å²) in [5.41, 5.74) is 2.61. The van der Waals surface area contributed by atoms with Gasteiger partial charge in [-0.05, 0) is 37.1 Å². The number of carbonyl (C=O) groups is 2. The molecule has 0 aliphatic carbocycles. The SMILES string of the molecule is CCOC(=O)c1[nH]c2ccc(C(C(=O)OC)C(OC)OC)cc2c1C. The standard InChI is InChI=1S/C18H23NO6/c1-6-25-17(21)15-10(2)12-9-11(7-8-13(12)19-15)14(16(20)22-3)18(23-4)24-5/h7-9,14,18-19H,6H2,1-5H3. The zero-order valence-corrected chi connectivity index (χ0v) is 15.0. The molecule has 0 aliphatic heterocycles. The maximum absolute atomic E-state index is 12.2. The van der Waals surface area contributed by atoms with Crippen molar-refractivity contribution in [1.82, 2.24) is 4.98 Å². The minimum absolute atomic E-state index is 0.298. The Balaban J connectivity index is 2.53. The number of benzene rings is 1. The van der Waals surface area contributed by atoms with E-state index in [2.05, 4.69) is 4.98 Å². The van der Waals surface area contributed by atoms with E-state index in [9.17, 15) is 9.59 Å². The van der Waals surface area contributed by atoms with Crippen LogP contribution in [0.25, 0.3) is 10.9 Å². The van der Waals surface area contributed by atoms with E-state index in [1.165, 1.54) is 21.3 Å². The van der Waals surface area contributed by atoms with Gasteiger partial charge in [0.2, 0.25) is 0 Å². The van der Waals surface area contributed by atoms with Crippen molar-refractivity contribution in [1.29, 1.82) is 0 Å². The van der Waals surface area contributed by atoms with Gasteiger partial charge in [-0.2, -0.15) is 0 Å². The topological polar surface area (TPSA) is 86.9 Å². The van der Waals surface area contributed by atoms with Gasteiger partial charge >= 0.3 is 11.9 Å². The zero-order valence-electron chi connectivity index (χ0n) is 15.0. The van der Waals surface area contributed by atoms with Crippen molar-refractivity contribution in [2.45, 2.75) is 26.1 Å². The number of hydrogen-bond donors (Lipinski definition) is 1. The van der Waals surface area contributed by atoms with E-state index < -0.39 is 24.1 Å². The second-order valence-electron chi connectivity index (χ2n) is 5.49. The average Bonchev–Trinajstić information content (AvgIpc) is 2.95. The van der Waals surface area contributed by atoms with Crippen molar-refractivity contribution in [3.05, 3.63) is 35.0 Å². The Kier molecular flexibility index (Phi) is 6.17. The van der Waals surface area contributed by atoms with Crippen LogP contribution in [0.4, 0.5) is 0 Å². The molecular weight excluding hydrogens is 326 g/mol. The number of esters is 2. The lowest BCUT2D eigenvalue weighted by Crippen LogP contribution is -2.30. The fourth-order valence-electron chi connectivity index (χ4n) is 2.84. The molecular formula is C18H23NO6. The van der Waals surface area contributed by atoms with Gasteiger partial charge < -0.3 is 23.9 Å². The highest BCUT2D eigenvalue weighted by atomic mass is 16.7. The molecule has 0 amide bonds. The van der Waals surface area contributed by atoms with E-state index >= 15 is 0 Å². The summed E-state index contributed by atoms with van der Waals surface area (Å²) in [4.78, 5) is 27.3. The lowest BCUT2D eigenvalue weighted by atomic mass is 9.96. The van der Waals surface area contributed by atoms with E-state index in [1.54, 1.807) is 19.1 Å². The molecule has 2 rings (SSSR count). The number of hydrogen-bond acceptors (Lipinski definition) is 6. The molecule has 1 N–H and O–H groups in total. The normalized spacial score (nSPS) is 12.4. The summed E-state index contributed by atoms with van der Waals surface area (Å²) in [5.74, 6) is -1.62. The van der Waals surface area contributed by atoms with Gasteiger partial charge in [-0.15, -0.1) is 0 Å². The minimum atomic E-state index is -0.784. The third-order valence-corrected chi connectivity index (χ3v) is 4.11. The number of aromatic nitrogens is 1. The van der Waals surface area contributed by atoms with Crippen molar-refractivity contribution in [2.75, 3.05) is 27.9 Å². The van der Waals surface area contributed by atoms with Gasteiger partial charge in [0.15, 0.2) is 6.29 Å². The molecule has 0 radical (unpaired) electrons. The molecule has 0 saturated carbocycles. The first-order valence-corrected chi connectivity index (χ1v) is 7.91. The fraction of sp³-hybridized carbons (Fsp3) is 0.444. The molecule has 1 unspecified atom stereocenters. The van der Waals surface area contributed by atoms with Crippen LogP contribution in [-0.2, 0) is 23.7 Å². The van der Waals surface area contributed by atoms with Crippen molar-refractivity contribution in [3.8, 4) is 0 Å². The molecule has 1 aromatic heterocycles. The molecule has 0 aliphatic rings. The van der Waals surface area contributed by atoms with Gasteiger partial charge in [-0.1, -0.05) is 6.07 Å². The summed E-state index contributed by atoms with van der Waals surface area (Å²) in [6.07, 6.45) is -0.784. The minimum Gasteiger partial charge on any atom is -0.468 e. The van der Waals surface area contributed by atoms with E-state index in [-0.39, 0.29) is 0 Å². The van der Waals surface area contributed by atoms with Gasteiger partial charge in [-0.25, -0.2) is 4.79 Å². The summed E-state index contributed by atoms with van der Waals surface area (Å²) in [6.45, 7) is 3.88. The van der Waals surface area contributed by atoms with Crippen LogP contribution in [0.1, 0.15) is 34.5 Å².